The van der Waals surface area contributed by atoms with E-state index >= 15 is 0 Å². The fraction of sp³-hybridized carbons (Fsp3) is 0.600. The van der Waals surface area contributed by atoms with E-state index < -0.39 is 0 Å². The second-order valence-corrected chi connectivity index (χ2v) is 7.22. The van der Waals surface area contributed by atoms with E-state index in [1.54, 1.807) is 12.1 Å². The molecule has 2 aliphatic rings. The van der Waals surface area contributed by atoms with Gasteiger partial charge in [0.2, 0.25) is 11.8 Å². The number of piperidine rings is 1. The molecule has 0 aromatic heterocycles. The molecular weight excluding hydrogens is 333 g/mol. The normalized spacial score (nSPS) is 19.3. The highest BCUT2D eigenvalue weighted by Crippen LogP contribution is 2.23. The van der Waals surface area contributed by atoms with Crippen LogP contribution in [-0.2, 0) is 9.59 Å². The number of amides is 2. The van der Waals surface area contributed by atoms with Crippen LogP contribution in [0.5, 0.6) is 0 Å². The molecule has 0 bridgehead atoms. The highest BCUT2D eigenvalue weighted by atomic mass is 19.1. The maximum absolute atomic E-state index is 13.9. The molecule has 142 valence electrons. The predicted octanol–water partition coefficient (Wildman–Crippen LogP) is 2.70. The van der Waals surface area contributed by atoms with E-state index in [2.05, 4.69) is 5.32 Å². The lowest BCUT2D eigenvalue weighted by molar-refractivity contribution is -0.131. The topological polar surface area (TPSA) is 52.7 Å². The monoisotopic (exact) mass is 361 g/mol. The van der Waals surface area contributed by atoms with Crippen LogP contribution in [0.15, 0.2) is 24.3 Å². The van der Waals surface area contributed by atoms with Crippen molar-refractivity contribution < 1.29 is 14.0 Å². The van der Waals surface area contributed by atoms with Gasteiger partial charge < -0.3 is 15.1 Å². The molecule has 2 saturated heterocycles. The highest BCUT2D eigenvalue weighted by molar-refractivity contribution is 5.79. The van der Waals surface area contributed by atoms with Gasteiger partial charge in [0.25, 0.3) is 0 Å². The number of hydrogen-bond acceptors (Lipinski definition) is 3. The molecule has 1 aromatic rings. The zero-order chi connectivity index (χ0) is 18.4. The van der Waals surface area contributed by atoms with E-state index in [0.29, 0.717) is 25.1 Å². The summed E-state index contributed by atoms with van der Waals surface area (Å²) in [5, 5.41) is 3.08. The first-order chi connectivity index (χ1) is 12.6. The molecule has 0 radical (unpaired) electrons. The number of carbonyl (C=O) groups is 2. The quantitative estimate of drug-likeness (QED) is 0.877. The minimum atomic E-state index is -0.197. The molecule has 3 rings (SSSR count). The molecule has 2 fully saturated rings. The Hall–Kier alpha value is -2.11. The zero-order valence-corrected chi connectivity index (χ0v) is 15.3. The number of nitrogens with one attached hydrogen (secondary N) is 1. The summed E-state index contributed by atoms with van der Waals surface area (Å²) in [6.45, 7) is 2.75. The molecular formula is C20H28FN3O2. The van der Waals surface area contributed by atoms with Gasteiger partial charge in [-0.25, -0.2) is 4.39 Å². The van der Waals surface area contributed by atoms with Crippen molar-refractivity contribution in [2.24, 2.45) is 0 Å². The number of carbonyl (C=O) groups excluding carboxylic acids is 2. The van der Waals surface area contributed by atoms with Crippen molar-refractivity contribution in [3.63, 3.8) is 0 Å². The maximum Gasteiger partial charge on any atom is 0.222 e. The summed E-state index contributed by atoms with van der Waals surface area (Å²) in [7, 11) is 0. The van der Waals surface area contributed by atoms with E-state index in [4.69, 9.17) is 0 Å². The van der Waals surface area contributed by atoms with Gasteiger partial charge in [0.1, 0.15) is 5.82 Å². The number of hydrogen-bond donors (Lipinski definition) is 1. The van der Waals surface area contributed by atoms with Crippen LogP contribution in [0.1, 0.15) is 44.9 Å². The van der Waals surface area contributed by atoms with Crippen LogP contribution in [0.2, 0.25) is 0 Å². The van der Waals surface area contributed by atoms with Gasteiger partial charge in [-0.05, 0) is 37.8 Å². The van der Waals surface area contributed by atoms with E-state index in [9.17, 15) is 14.0 Å². The molecule has 2 heterocycles. The largest absolute Gasteiger partial charge is 0.369 e. The lowest BCUT2D eigenvalue weighted by Crippen LogP contribution is -2.45. The Bertz CT molecular complexity index is 629. The molecule has 1 N–H and O–H groups in total. The predicted molar refractivity (Wildman–Crippen MR) is 99.4 cm³/mol. The number of halogens is 1. The van der Waals surface area contributed by atoms with Gasteiger partial charge in [-0.1, -0.05) is 18.6 Å². The first-order valence-corrected chi connectivity index (χ1v) is 9.70. The number of rotatable bonds is 5. The molecule has 0 unspecified atom stereocenters. The van der Waals surface area contributed by atoms with Crippen molar-refractivity contribution in [3.8, 4) is 0 Å². The third-order valence-corrected chi connectivity index (χ3v) is 5.33. The van der Waals surface area contributed by atoms with Gasteiger partial charge in [0.05, 0.1) is 5.69 Å². The summed E-state index contributed by atoms with van der Waals surface area (Å²) in [6.07, 6.45) is 5.67. The van der Waals surface area contributed by atoms with Crippen molar-refractivity contribution in [1.29, 1.82) is 0 Å². The van der Waals surface area contributed by atoms with Crippen molar-refractivity contribution in [3.05, 3.63) is 30.1 Å². The Morgan fingerprint density at radius 2 is 1.88 bits per heavy atom. The summed E-state index contributed by atoms with van der Waals surface area (Å²) >= 11 is 0. The Balaban J connectivity index is 1.40. The van der Waals surface area contributed by atoms with Crippen molar-refractivity contribution in [2.45, 2.75) is 51.0 Å². The van der Waals surface area contributed by atoms with Gasteiger partial charge in [-0.2, -0.15) is 0 Å². The van der Waals surface area contributed by atoms with E-state index in [-0.39, 0.29) is 23.7 Å². The third kappa shape index (κ3) is 4.96. The van der Waals surface area contributed by atoms with Gasteiger partial charge >= 0.3 is 0 Å². The fourth-order valence-corrected chi connectivity index (χ4v) is 3.78. The van der Waals surface area contributed by atoms with Gasteiger partial charge in [-0.15, -0.1) is 0 Å². The first kappa shape index (κ1) is 18.7. The molecule has 5 nitrogen and oxygen atoms in total. The second kappa shape index (κ2) is 9.01. The minimum absolute atomic E-state index is 0.00592. The maximum atomic E-state index is 13.9. The minimum Gasteiger partial charge on any atom is -0.369 e. The molecule has 0 saturated carbocycles. The molecule has 0 aliphatic carbocycles. The van der Waals surface area contributed by atoms with Crippen molar-refractivity contribution in [1.82, 2.24) is 10.2 Å². The number of para-hydroxylation sites is 1. The van der Waals surface area contributed by atoms with Crippen LogP contribution in [0.4, 0.5) is 10.1 Å². The van der Waals surface area contributed by atoms with Crippen LogP contribution >= 0.6 is 0 Å². The number of nitrogens with zero attached hydrogens (tertiary/aromatic N) is 2. The molecule has 26 heavy (non-hydrogen) atoms. The first-order valence-electron chi connectivity index (χ1n) is 9.70. The number of benzene rings is 1. The average molecular weight is 361 g/mol. The Labute approximate surface area is 154 Å². The third-order valence-electron chi connectivity index (χ3n) is 5.33. The fourth-order valence-electron chi connectivity index (χ4n) is 3.78. The van der Waals surface area contributed by atoms with Crippen LogP contribution in [-0.4, -0.2) is 48.9 Å². The molecule has 6 heteroatoms. The van der Waals surface area contributed by atoms with Crippen LogP contribution in [0, 0.1) is 5.82 Å². The lowest BCUT2D eigenvalue weighted by atomic mass is 10.0. The Kier molecular flexibility index (Phi) is 6.47. The highest BCUT2D eigenvalue weighted by Gasteiger charge is 2.23. The number of likely N-dealkylation sites (tertiary alicyclic amines) is 1. The average Bonchev–Trinajstić information content (AvgIpc) is 2.85. The van der Waals surface area contributed by atoms with Crippen LogP contribution < -0.4 is 10.2 Å². The summed E-state index contributed by atoms with van der Waals surface area (Å²) in [6, 6.07) is 6.95. The van der Waals surface area contributed by atoms with Crippen LogP contribution in [0.3, 0.4) is 0 Å². The molecule has 1 aromatic carbocycles. The molecule has 2 amide bonds. The zero-order valence-electron chi connectivity index (χ0n) is 15.3. The van der Waals surface area contributed by atoms with Crippen molar-refractivity contribution >= 4 is 17.5 Å². The summed E-state index contributed by atoms with van der Waals surface area (Å²) < 4.78 is 13.9. The molecule has 0 spiro atoms. The van der Waals surface area contributed by atoms with Crippen molar-refractivity contribution in [2.75, 3.05) is 31.1 Å². The van der Waals surface area contributed by atoms with Gasteiger partial charge in [0.15, 0.2) is 0 Å². The Morgan fingerprint density at radius 3 is 2.65 bits per heavy atom. The van der Waals surface area contributed by atoms with Gasteiger partial charge in [0, 0.05) is 45.1 Å². The summed E-state index contributed by atoms with van der Waals surface area (Å²) in [5.41, 5.74) is 0.636. The number of anilines is 1. The van der Waals surface area contributed by atoms with Gasteiger partial charge in [-0.3, -0.25) is 9.59 Å². The molecule has 2 aliphatic heterocycles. The molecule has 0 atom stereocenters. The second-order valence-electron chi connectivity index (χ2n) is 7.22. The van der Waals surface area contributed by atoms with E-state index in [1.807, 2.05) is 15.9 Å². The smallest absolute Gasteiger partial charge is 0.222 e. The summed E-state index contributed by atoms with van der Waals surface area (Å²) in [5.74, 6) is -0.0167. The van der Waals surface area contributed by atoms with E-state index in [0.717, 1.165) is 51.7 Å². The standard InChI is InChI=1S/C20H28FN3O2/c21-17-6-3-4-7-18(17)23-13-9-16(10-14-23)22-19(25)11-15-24-12-5-1-2-8-20(24)26/h3-4,6-7,16H,1-2,5,8-15H2,(H,22,25). The van der Waals surface area contributed by atoms with Crippen LogP contribution in [0.25, 0.3) is 0 Å². The summed E-state index contributed by atoms with van der Waals surface area (Å²) in [4.78, 5) is 28.1. The van der Waals surface area contributed by atoms with E-state index in [1.165, 1.54) is 6.07 Å². The Morgan fingerprint density at radius 1 is 1.12 bits per heavy atom. The lowest BCUT2D eigenvalue weighted by Gasteiger charge is -2.34. The SMILES string of the molecule is O=C(CCN1CCCCCC1=O)NC1CCN(c2ccccc2F)CC1.